The van der Waals surface area contributed by atoms with E-state index < -0.39 is 5.79 Å². The number of fused-ring (bicyclic) bond motifs is 1. The first-order valence-electron chi connectivity index (χ1n) is 14.4. The summed E-state index contributed by atoms with van der Waals surface area (Å²) in [6, 6.07) is 15.1. The molecule has 2 aromatic carbocycles. The van der Waals surface area contributed by atoms with Crippen LogP contribution in [-0.4, -0.2) is 68.5 Å². The number of methoxy groups -OCH3 is 1. The van der Waals surface area contributed by atoms with Crippen molar-refractivity contribution in [3.05, 3.63) is 65.2 Å². The van der Waals surface area contributed by atoms with Crippen molar-refractivity contribution in [1.29, 1.82) is 0 Å². The summed E-state index contributed by atoms with van der Waals surface area (Å²) in [5, 5.41) is 0. The van der Waals surface area contributed by atoms with Crippen LogP contribution >= 0.6 is 0 Å². The fraction of sp³-hybridized carbons (Fsp3) is 0.562. The third-order valence-electron chi connectivity index (χ3n) is 10.3. The number of hydrogen-bond acceptors (Lipinski definition) is 6. The minimum Gasteiger partial charge on any atom is -0.493 e. The van der Waals surface area contributed by atoms with Crippen molar-refractivity contribution in [3.63, 3.8) is 0 Å². The maximum atomic E-state index is 7.26. The molecule has 6 heteroatoms. The molecule has 3 aliphatic carbocycles. The Labute approximate surface area is 224 Å². The molecule has 4 atom stereocenters. The summed E-state index contributed by atoms with van der Waals surface area (Å²) in [4.78, 5) is 2.76. The lowest BCUT2D eigenvalue weighted by molar-refractivity contribution is -0.304. The molecule has 2 spiro atoms. The van der Waals surface area contributed by atoms with Crippen molar-refractivity contribution < 1.29 is 23.7 Å². The van der Waals surface area contributed by atoms with E-state index in [0.29, 0.717) is 25.9 Å². The Balaban J connectivity index is 1.26. The summed E-state index contributed by atoms with van der Waals surface area (Å²) >= 11 is 0. The Kier molecular flexibility index (Phi) is 5.29. The summed E-state index contributed by atoms with van der Waals surface area (Å²) in [6.45, 7) is 4.02. The molecule has 3 heterocycles. The van der Waals surface area contributed by atoms with Gasteiger partial charge in [-0.3, -0.25) is 4.90 Å². The van der Waals surface area contributed by atoms with Crippen molar-refractivity contribution in [2.45, 2.75) is 67.5 Å². The highest BCUT2D eigenvalue weighted by atomic mass is 16.8. The van der Waals surface area contributed by atoms with E-state index in [-0.39, 0.29) is 17.1 Å². The molecule has 8 rings (SSSR count). The van der Waals surface area contributed by atoms with Crippen LogP contribution in [0.5, 0.6) is 11.5 Å². The largest absolute Gasteiger partial charge is 0.493 e. The molecule has 6 nitrogen and oxygen atoms in total. The summed E-state index contributed by atoms with van der Waals surface area (Å²) in [5.74, 6) is 1.79. The van der Waals surface area contributed by atoms with E-state index in [1.807, 2.05) is 0 Å². The van der Waals surface area contributed by atoms with Crippen LogP contribution in [0.25, 0.3) is 6.08 Å². The molecule has 3 aliphatic heterocycles. The molecule has 0 radical (unpaired) electrons. The number of piperidine rings is 1. The normalized spacial score (nSPS) is 34.4. The van der Waals surface area contributed by atoms with Crippen molar-refractivity contribution in [2.75, 3.05) is 40.0 Å². The molecule has 2 saturated heterocycles. The van der Waals surface area contributed by atoms with E-state index in [2.05, 4.69) is 59.5 Å². The quantitative estimate of drug-likeness (QED) is 0.531. The maximum Gasteiger partial charge on any atom is 0.207 e. The minimum absolute atomic E-state index is 0.250. The summed E-state index contributed by atoms with van der Waals surface area (Å²) in [7, 11) is 1.74. The first-order chi connectivity index (χ1) is 18.7. The van der Waals surface area contributed by atoms with Gasteiger partial charge in [0.1, 0.15) is 0 Å². The highest BCUT2D eigenvalue weighted by Crippen LogP contribution is 2.69. The lowest BCUT2D eigenvalue weighted by Gasteiger charge is -2.66. The molecule has 1 unspecified atom stereocenters. The fourth-order valence-corrected chi connectivity index (χ4v) is 8.57. The average molecular weight is 516 g/mol. The molecule has 0 N–H and O–H groups in total. The predicted octanol–water partition coefficient (Wildman–Crippen LogP) is 4.74. The number of nitrogens with zero attached hydrogens (tertiary/aromatic N) is 1. The standard InChI is InChI=1S/C32H37NO5/c1-34-25-12-11-24-20-26-31(35-17-5-8-22-6-3-2-4-7-22)13-14-32(36-18-19-37-32)29-30(31,27(24)28(25)38-29)15-16-33(26)21-23-9-10-23/h2-8,11-12,23,26,29H,9-10,13-21H2,1H3/b8-5+/t26?,29-,30+,31-/m1/s1. The topological polar surface area (TPSA) is 49.4 Å². The van der Waals surface area contributed by atoms with Crippen LogP contribution < -0.4 is 9.47 Å². The number of likely N-dealkylation sites (tertiary alicyclic amines) is 1. The van der Waals surface area contributed by atoms with Gasteiger partial charge in [-0.05, 0) is 61.8 Å². The van der Waals surface area contributed by atoms with Gasteiger partial charge in [-0.15, -0.1) is 0 Å². The van der Waals surface area contributed by atoms with Crippen LogP contribution in [-0.2, 0) is 26.0 Å². The van der Waals surface area contributed by atoms with Crippen LogP contribution in [0.4, 0.5) is 0 Å². The summed E-state index contributed by atoms with van der Waals surface area (Å²) in [6.07, 6.45) is 10.5. The van der Waals surface area contributed by atoms with Gasteiger partial charge < -0.3 is 23.7 Å². The molecule has 2 bridgehead atoms. The van der Waals surface area contributed by atoms with Crippen molar-refractivity contribution in [1.82, 2.24) is 4.90 Å². The molecule has 2 saturated carbocycles. The maximum absolute atomic E-state index is 7.26. The lowest BCUT2D eigenvalue weighted by atomic mass is 9.48. The third-order valence-corrected chi connectivity index (χ3v) is 10.3. The van der Waals surface area contributed by atoms with Gasteiger partial charge in [0, 0.05) is 24.6 Å². The van der Waals surface area contributed by atoms with Gasteiger partial charge in [0.2, 0.25) is 5.79 Å². The molecule has 0 aromatic heterocycles. The van der Waals surface area contributed by atoms with E-state index in [9.17, 15) is 0 Å². The highest BCUT2D eigenvalue weighted by Gasteiger charge is 2.78. The van der Waals surface area contributed by atoms with E-state index in [4.69, 9.17) is 23.7 Å². The average Bonchev–Trinajstić information content (AvgIpc) is 3.51. The Hall–Kier alpha value is -2.38. The Morgan fingerprint density at radius 2 is 1.87 bits per heavy atom. The van der Waals surface area contributed by atoms with E-state index >= 15 is 0 Å². The van der Waals surface area contributed by atoms with E-state index in [1.54, 1.807) is 7.11 Å². The summed E-state index contributed by atoms with van der Waals surface area (Å²) < 4.78 is 33.0. The molecule has 6 aliphatic rings. The third kappa shape index (κ3) is 3.15. The zero-order chi connectivity index (χ0) is 25.4. The smallest absolute Gasteiger partial charge is 0.207 e. The molecular formula is C32H37NO5. The van der Waals surface area contributed by atoms with Gasteiger partial charge in [-0.1, -0.05) is 48.6 Å². The first-order valence-corrected chi connectivity index (χ1v) is 14.4. The number of hydrogen-bond donors (Lipinski definition) is 0. The second-order valence-corrected chi connectivity index (χ2v) is 12.0. The molecule has 0 amide bonds. The van der Waals surface area contributed by atoms with Crippen molar-refractivity contribution in [2.24, 2.45) is 5.92 Å². The van der Waals surface area contributed by atoms with Gasteiger partial charge in [0.25, 0.3) is 0 Å². The van der Waals surface area contributed by atoms with Gasteiger partial charge in [-0.25, -0.2) is 0 Å². The van der Waals surface area contributed by atoms with Crippen molar-refractivity contribution in [3.8, 4) is 11.5 Å². The molecule has 2 aromatic rings. The van der Waals surface area contributed by atoms with Crippen LogP contribution in [0.2, 0.25) is 0 Å². The Morgan fingerprint density at radius 1 is 1.03 bits per heavy atom. The van der Waals surface area contributed by atoms with Gasteiger partial charge in [0.15, 0.2) is 17.6 Å². The SMILES string of the molecule is COc1ccc2c3c1O[C@H]1C4(CC[C@@]5(OC/C=C/c6ccccc6)C(C2)N(CC2CC2)CC[C@]315)OCCO4. The lowest BCUT2D eigenvalue weighted by Crippen LogP contribution is -2.80. The van der Waals surface area contributed by atoms with Gasteiger partial charge in [-0.2, -0.15) is 0 Å². The second kappa shape index (κ2) is 8.56. The highest BCUT2D eigenvalue weighted by molar-refractivity contribution is 5.63. The molecule has 200 valence electrons. The minimum atomic E-state index is -0.728. The van der Waals surface area contributed by atoms with Gasteiger partial charge >= 0.3 is 0 Å². The zero-order valence-corrected chi connectivity index (χ0v) is 22.2. The molecule has 4 fully saturated rings. The van der Waals surface area contributed by atoms with E-state index in [1.165, 1.54) is 36.1 Å². The second-order valence-electron chi connectivity index (χ2n) is 12.0. The van der Waals surface area contributed by atoms with Crippen LogP contribution in [0.3, 0.4) is 0 Å². The number of benzene rings is 2. The molecular weight excluding hydrogens is 478 g/mol. The predicted molar refractivity (Wildman–Crippen MR) is 144 cm³/mol. The number of ether oxygens (including phenoxy) is 5. The first kappa shape index (κ1) is 23.5. The summed E-state index contributed by atoms with van der Waals surface area (Å²) in [5.41, 5.74) is 3.16. The zero-order valence-electron chi connectivity index (χ0n) is 22.2. The number of rotatable bonds is 7. The Bertz CT molecular complexity index is 1250. The van der Waals surface area contributed by atoms with Gasteiger partial charge in [0.05, 0.1) is 37.9 Å². The van der Waals surface area contributed by atoms with Crippen molar-refractivity contribution >= 4 is 6.08 Å². The monoisotopic (exact) mass is 515 g/mol. The van der Waals surface area contributed by atoms with Crippen LogP contribution in [0.1, 0.15) is 48.8 Å². The van der Waals surface area contributed by atoms with Crippen LogP contribution in [0.15, 0.2) is 48.5 Å². The fourth-order valence-electron chi connectivity index (χ4n) is 8.57. The van der Waals surface area contributed by atoms with E-state index in [0.717, 1.165) is 49.6 Å². The molecule has 38 heavy (non-hydrogen) atoms. The Morgan fingerprint density at radius 3 is 2.66 bits per heavy atom. The van der Waals surface area contributed by atoms with Crippen LogP contribution in [0, 0.1) is 5.92 Å².